The average molecular weight is 348 g/mol. The van der Waals surface area contributed by atoms with Crippen molar-refractivity contribution in [2.45, 2.75) is 34.1 Å². The van der Waals surface area contributed by atoms with E-state index in [1.807, 2.05) is 39.8 Å². The van der Waals surface area contributed by atoms with Crippen LogP contribution in [-0.2, 0) is 11.2 Å². The zero-order valence-electron chi connectivity index (χ0n) is 16.1. The first-order valence-corrected chi connectivity index (χ1v) is 8.80. The van der Waals surface area contributed by atoms with Crippen LogP contribution in [0, 0.1) is 5.41 Å². The van der Waals surface area contributed by atoms with E-state index in [-0.39, 0.29) is 11.3 Å². The van der Waals surface area contributed by atoms with Crippen molar-refractivity contribution in [2.24, 2.45) is 10.4 Å². The number of nitrogens with zero attached hydrogens (tertiary/aromatic N) is 1. The Morgan fingerprint density at radius 2 is 1.72 bits per heavy atom. The predicted octanol–water partition coefficient (Wildman–Crippen LogP) is 1.96. The second kappa shape index (κ2) is 10.6. The minimum atomic E-state index is -0.364. The van der Waals surface area contributed by atoms with Crippen molar-refractivity contribution in [3.8, 4) is 5.75 Å². The molecule has 0 bridgehead atoms. The maximum atomic E-state index is 11.8. The largest absolute Gasteiger partial charge is 0.497 e. The van der Waals surface area contributed by atoms with Gasteiger partial charge in [0.2, 0.25) is 5.91 Å². The summed E-state index contributed by atoms with van der Waals surface area (Å²) in [7, 11) is 1.66. The third-order valence-corrected chi connectivity index (χ3v) is 3.56. The number of methoxy groups -OCH3 is 1. The Hall–Kier alpha value is -2.24. The van der Waals surface area contributed by atoms with Crippen molar-refractivity contribution >= 4 is 11.9 Å². The maximum absolute atomic E-state index is 11.8. The number of nitrogens with one attached hydrogen (secondary N) is 3. The molecule has 0 radical (unpaired) electrons. The van der Waals surface area contributed by atoms with E-state index in [1.54, 1.807) is 7.11 Å². The van der Waals surface area contributed by atoms with E-state index in [2.05, 4.69) is 33.1 Å². The molecular formula is C19H32N4O2. The fraction of sp³-hybridized carbons (Fsp3) is 0.579. The maximum Gasteiger partial charge on any atom is 0.225 e. The van der Waals surface area contributed by atoms with Gasteiger partial charge in [-0.3, -0.25) is 9.79 Å². The van der Waals surface area contributed by atoms with Gasteiger partial charge in [0, 0.05) is 31.6 Å². The van der Waals surface area contributed by atoms with Gasteiger partial charge in [0.15, 0.2) is 5.96 Å². The Bertz CT molecular complexity index is 548. The zero-order valence-corrected chi connectivity index (χ0v) is 16.1. The summed E-state index contributed by atoms with van der Waals surface area (Å²) >= 11 is 0. The number of hydrogen-bond donors (Lipinski definition) is 3. The Morgan fingerprint density at radius 3 is 2.28 bits per heavy atom. The van der Waals surface area contributed by atoms with Gasteiger partial charge in [0.05, 0.1) is 7.11 Å². The highest BCUT2D eigenvalue weighted by molar-refractivity contribution is 5.81. The highest BCUT2D eigenvalue weighted by Gasteiger charge is 2.20. The number of benzene rings is 1. The van der Waals surface area contributed by atoms with Crippen molar-refractivity contribution in [1.29, 1.82) is 0 Å². The van der Waals surface area contributed by atoms with E-state index in [9.17, 15) is 4.79 Å². The van der Waals surface area contributed by atoms with Gasteiger partial charge in [-0.15, -0.1) is 0 Å². The highest BCUT2D eigenvalue weighted by atomic mass is 16.5. The summed E-state index contributed by atoms with van der Waals surface area (Å²) < 4.78 is 5.16. The normalized spacial score (nSPS) is 11.8. The molecule has 6 heteroatoms. The molecule has 0 saturated heterocycles. The minimum Gasteiger partial charge on any atom is -0.497 e. The summed E-state index contributed by atoms with van der Waals surface area (Å²) in [6.07, 6.45) is 0.862. The van der Waals surface area contributed by atoms with Crippen molar-refractivity contribution < 1.29 is 9.53 Å². The van der Waals surface area contributed by atoms with Crippen molar-refractivity contribution in [2.75, 3.05) is 33.3 Å². The van der Waals surface area contributed by atoms with Crippen LogP contribution in [-0.4, -0.2) is 45.2 Å². The standard InChI is InChI=1S/C19H32N4O2/c1-6-20-18(23-14-13-21-17(24)19(2,3)4)22-12-11-15-7-9-16(25-5)10-8-15/h7-10H,6,11-14H2,1-5H3,(H,21,24)(H2,20,22,23). The molecule has 140 valence electrons. The molecule has 0 aromatic heterocycles. The molecule has 0 spiro atoms. The molecule has 1 aromatic rings. The average Bonchev–Trinajstić information content (AvgIpc) is 2.58. The number of guanidine groups is 1. The Kier molecular flexibility index (Phi) is 8.81. The SMILES string of the molecule is CCNC(=NCCc1ccc(OC)cc1)NCCNC(=O)C(C)(C)C. The van der Waals surface area contributed by atoms with Gasteiger partial charge in [-0.25, -0.2) is 0 Å². The quantitative estimate of drug-likeness (QED) is 0.381. The van der Waals surface area contributed by atoms with Gasteiger partial charge in [-0.1, -0.05) is 32.9 Å². The molecule has 0 saturated carbocycles. The molecule has 0 heterocycles. The molecule has 25 heavy (non-hydrogen) atoms. The van der Waals surface area contributed by atoms with Crippen LogP contribution in [0.4, 0.5) is 0 Å². The molecule has 0 aliphatic carbocycles. The molecular weight excluding hydrogens is 316 g/mol. The van der Waals surface area contributed by atoms with Crippen LogP contribution in [0.5, 0.6) is 5.75 Å². The van der Waals surface area contributed by atoms with Gasteiger partial charge in [0.25, 0.3) is 0 Å². The lowest BCUT2D eigenvalue weighted by molar-refractivity contribution is -0.128. The highest BCUT2D eigenvalue weighted by Crippen LogP contribution is 2.12. The van der Waals surface area contributed by atoms with Gasteiger partial charge in [0.1, 0.15) is 5.75 Å². The lowest BCUT2D eigenvalue weighted by Crippen LogP contribution is -2.43. The van der Waals surface area contributed by atoms with Crippen LogP contribution in [0.3, 0.4) is 0 Å². The molecule has 1 amide bonds. The molecule has 0 aliphatic heterocycles. The van der Waals surface area contributed by atoms with Crippen LogP contribution in [0.25, 0.3) is 0 Å². The van der Waals surface area contributed by atoms with Gasteiger partial charge >= 0.3 is 0 Å². The molecule has 6 nitrogen and oxygen atoms in total. The molecule has 0 atom stereocenters. The fourth-order valence-electron chi connectivity index (χ4n) is 2.05. The van der Waals surface area contributed by atoms with E-state index in [4.69, 9.17) is 4.74 Å². The number of ether oxygens (including phenoxy) is 1. The van der Waals surface area contributed by atoms with Crippen molar-refractivity contribution in [3.05, 3.63) is 29.8 Å². The first-order chi connectivity index (χ1) is 11.9. The topological polar surface area (TPSA) is 74.8 Å². The third kappa shape index (κ3) is 8.42. The number of amides is 1. The Morgan fingerprint density at radius 1 is 1.08 bits per heavy atom. The van der Waals surface area contributed by atoms with E-state index in [0.717, 1.165) is 24.7 Å². The summed E-state index contributed by atoms with van der Waals surface area (Å²) in [5, 5.41) is 9.36. The summed E-state index contributed by atoms with van der Waals surface area (Å²) in [6.45, 7) is 10.4. The van der Waals surface area contributed by atoms with Crippen molar-refractivity contribution in [1.82, 2.24) is 16.0 Å². The predicted molar refractivity (Wildman–Crippen MR) is 103 cm³/mol. The summed E-state index contributed by atoms with van der Waals surface area (Å²) in [5.74, 6) is 1.68. The van der Waals surface area contributed by atoms with Gasteiger partial charge in [-0.2, -0.15) is 0 Å². The van der Waals surface area contributed by atoms with Crippen molar-refractivity contribution in [3.63, 3.8) is 0 Å². The molecule has 3 N–H and O–H groups in total. The monoisotopic (exact) mass is 348 g/mol. The first-order valence-electron chi connectivity index (χ1n) is 8.80. The zero-order chi connectivity index (χ0) is 18.7. The van der Waals surface area contributed by atoms with Gasteiger partial charge in [-0.05, 0) is 31.0 Å². The van der Waals surface area contributed by atoms with E-state index >= 15 is 0 Å². The van der Waals surface area contributed by atoms with Crippen LogP contribution < -0.4 is 20.7 Å². The first kappa shape index (κ1) is 20.8. The second-order valence-corrected chi connectivity index (χ2v) is 6.79. The Labute approximate surface area is 151 Å². The summed E-state index contributed by atoms with van der Waals surface area (Å²) in [4.78, 5) is 16.4. The molecule has 1 rings (SSSR count). The molecule has 1 aromatic carbocycles. The van der Waals surface area contributed by atoms with E-state index < -0.39 is 0 Å². The third-order valence-electron chi connectivity index (χ3n) is 3.56. The summed E-state index contributed by atoms with van der Waals surface area (Å²) in [5.41, 5.74) is 0.856. The number of carbonyl (C=O) groups is 1. The summed E-state index contributed by atoms with van der Waals surface area (Å²) in [6, 6.07) is 8.02. The number of rotatable bonds is 8. The van der Waals surface area contributed by atoms with Crippen LogP contribution in [0.15, 0.2) is 29.3 Å². The van der Waals surface area contributed by atoms with E-state index in [1.165, 1.54) is 5.56 Å². The molecule has 0 fully saturated rings. The second-order valence-electron chi connectivity index (χ2n) is 6.79. The number of aliphatic imine (C=N–C) groups is 1. The van der Waals surface area contributed by atoms with Gasteiger partial charge < -0.3 is 20.7 Å². The fourth-order valence-corrected chi connectivity index (χ4v) is 2.05. The minimum absolute atomic E-state index is 0.0516. The smallest absolute Gasteiger partial charge is 0.225 e. The molecule has 0 unspecified atom stereocenters. The Balaban J connectivity index is 2.38. The van der Waals surface area contributed by atoms with Crippen LogP contribution >= 0.6 is 0 Å². The van der Waals surface area contributed by atoms with E-state index in [0.29, 0.717) is 19.6 Å². The van der Waals surface area contributed by atoms with Crippen LogP contribution in [0.2, 0.25) is 0 Å². The number of carbonyl (C=O) groups excluding carboxylic acids is 1. The lowest BCUT2D eigenvalue weighted by atomic mass is 9.96. The molecule has 0 aliphatic rings. The van der Waals surface area contributed by atoms with Crippen LogP contribution in [0.1, 0.15) is 33.3 Å². The number of hydrogen-bond acceptors (Lipinski definition) is 3. The lowest BCUT2D eigenvalue weighted by Gasteiger charge is -2.18.